The van der Waals surface area contributed by atoms with E-state index in [0.717, 1.165) is 25.9 Å². The average Bonchev–Trinajstić information content (AvgIpc) is 2.25. The van der Waals surface area contributed by atoms with E-state index in [1.165, 1.54) is 39.3 Å². The third-order valence-electron chi connectivity index (χ3n) is 2.82. The van der Waals surface area contributed by atoms with E-state index in [1.807, 2.05) is 0 Å². The molecule has 1 aliphatic rings. The molecule has 1 aliphatic heterocycles. The van der Waals surface area contributed by atoms with Crippen molar-refractivity contribution in [2.45, 2.75) is 12.8 Å². The zero-order chi connectivity index (χ0) is 10.2. The van der Waals surface area contributed by atoms with E-state index in [1.54, 1.807) is 0 Å². The SMILES string of the molecule is Cl.NCCCN1CCN(CCCN)CC1. The number of piperazine rings is 1. The van der Waals surface area contributed by atoms with E-state index in [9.17, 15) is 0 Å². The van der Waals surface area contributed by atoms with Gasteiger partial charge >= 0.3 is 0 Å². The highest BCUT2D eigenvalue weighted by atomic mass is 35.5. The van der Waals surface area contributed by atoms with Crippen LogP contribution in [0.2, 0.25) is 0 Å². The number of nitrogens with zero attached hydrogens (tertiary/aromatic N) is 2. The van der Waals surface area contributed by atoms with Gasteiger partial charge in [-0.25, -0.2) is 0 Å². The van der Waals surface area contributed by atoms with Crippen LogP contribution in [0.1, 0.15) is 12.8 Å². The van der Waals surface area contributed by atoms with Gasteiger partial charge in [0.05, 0.1) is 0 Å². The maximum atomic E-state index is 5.49. The van der Waals surface area contributed by atoms with Crippen molar-refractivity contribution in [3.05, 3.63) is 0 Å². The lowest BCUT2D eigenvalue weighted by atomic mass is 10.2. The fourth-order valence-electron chi connectivity index (χ4n) is 1.87. The molecule has 92 valence electrons. The molecule has 0 radical (unpaired) electrons. The molecular formula is C10H25ClN4. The second-order valence-corrected chi connectivity index (χ2v) is 3.97. The molecule has 0 amide bonds. The van der Waals surface area contributed by atoms with Crippen molar-refractivity contribution in [3.63, 3.8) is 0 Å². The second-order valence-electron chi connectivity index (χ2n) is 3.97. The minimum Gasteiger partial charge on any atom is -0.330 e. The zero-order valence-corrected chi connectivity index (χ0v) is 10.3. The van der Waals surface area contributed by atoms with Gasteiger partial charge in [0, 0.05) is 26.2 Å². The van der Waals surface area contributed by atoms with Gasteiger partial charge in [0.25, 0.3) is 0 Å². The smallest absolute Gasteiger partial charge is 0.0110 e. The number of hydrogen-bond acceptors (Lipinski definition) is 4. The van der Waals surface area contributed by atoms with Crippen molar-refractivity contribution < 1.29 is 0 Å². The van der Waals surface area contributed by atoms with Crippen molar-refractivity contribution >= 4 is 12.4 Å². The third kappa shape index (κ3) is 6.33. The van der Waals surface area contributed by atoms with E-state index in [4.69, 9.17) is 11.5 Å². The molecule has 4 N–H and O–H groups in total. The van der Waals surface area contributed by atoms with Crippen LogP contribution < -0.4 is 11.5 Å². The maximum Gasteiger partial charge on any atom is 0.0110 e. The number of halogens is 1. The van der Waals surface area contributed by atoms with Gasteiger partial charge in [-0.15, -0.1) is 12.4 Å². The molecule has 0 aromatic rings. The Morgan fingerprint density at radius 2 is 1.07 bits per heavy atom. The van der Waals surface area contributed by atoms with Crippen LogP contribution in [0.15, 0.2) is 0 Å². The standard InChI is InChI=1S/C10H24N4.ClH/c11-3-1-5-13-7-9-14(10-8-13)6-2-4-12;/h1-12H2;1H. The first-order valence-corrected chi connectivity index (χ1v) is 5.71. The molecule has 0 bridgehead atoms. The largest absolute Gasteiger partial charge is 0.330 e. The quantitative estimate of drug-likeness (QED) is 0.667. The molecule has 4 nitrogen and oxygen atoms in total. The zero-order valence-electron chi connectivity index (χ0n) is 9.53. The minimum atomic E-state index is 0. The lowest BCUT2D eigenvalue weighted by molar-refractivity contribution is 0.131. The fourth-order valence-corrected chi connectivity index (χ4v) is 1.87. The molecule has 5 heteroatoms. The Morgan fingerprint density at radius 1 is 0.733 bits per heavy atom. The Balaban J connectivity index is 0.00000196. The summed E-state index contributed by atoms with van der Waals surface area (Å²) < 4.78 is 0. The highest BCUT2D eigenvalue weighted by molar-refractivity contribution is 5.85. The molecule has 0 spiro atoms. The summed E-state index contributed by atoms with van der Waals surface area (Å²) >= 11 is 0. The van der Waals surface area contributed by atoms with Crippen molar-refractivity contribution in [1.29, 1.82) is 0 Å². The van der Waals surface area contributed by atoms with Gasteiger partial charge in [0.1, 0.15) is 0 Å². The molecule has 1 fully saturated rings. The number of hydrogen-bond donors (Lipinski definition) is 2. The highest BCUT2D eigenvalue weighted by Gasteiger charge is 2.15. The van der Waals surface area contributed by atoms with E-state index < -0.39 is 0 Å². The van der Waals surface area contributed by atoms with E-state index in [0.29, 0.717) is 0 Å². The summed E-state index contributed by atoms with van der Waals surface area (Å²) in [4.78, 5) is 5.01. The predicted octanol–water partition coefficient (Wildman–Crippen LogP) is -0.277. The van der Waals surface area contributed by atoms with Crippen molar-refractivity contribution in [2.75, 3.05) is 52.4 Å². The summed E-state index contributed by atoms with van der Waals surface area (Å²) in [6.45, 7) is 8.76. The van der Waals surface area contributed by atoms with Gasteiger partial charge in [0.2, 0.25) is 0 Å². The molecular weight excluding hydrogens is 212 g/mol. The molecule has 1 heterocycles. The van der Waals surface area contributed by atoms with Crippen LogP contribution >= 0.6 is 12.4 Å². The Kier molecular flexibility index (Phi) is 9.44. The first kappa shape index (κ1) is 15.1. The van der Waals surface area contributed by atoms with E-state index in [-0.39, 0.29) is 12.4 Å². The molecule has 0 aromatic carbocycles. The van der Waals surface area contributed by atoms with Gasteiger partial charge in [-0.2, -0.15) is 0 Å². The van der Waals surface area contributed by atoms with Crippen LogP contribution in [-0.2, 0) is 0 Å². The van der Waals surface area contributed by atoms with Crippen LogP contribution in [0.25, 0.3) is 0 Å². The van der Waals surface area contributed by atoms with E-state index in [2.05, 4.69) is 9.80 Å². The van der Waals surface area contributed by atoms with Gasteiger partial charge in [-0.05, 0) is 39.0 Å². The second kappa shape index (κ2) is 9.36. The maximum absolute atomic E-state index is 5.49. The molecule has 0 atom stereocenters. The van der Waals surface area contributed by atoms with Crippen LogP contribution in [-0.4, -0.2) is 62.2 Å². The minimum absolute atomic E-state index is 0. The van der Waals surface area contributed by atoms with Crippen LogP contribution in [0.3, 0.4) is 0 Å². The lowest BCUT2D eigenvalue weighted by Gasteiger charge is -2.34. The van der Waals surface area contributed by atoms with Crippen molar-refractivity contribution in [3.8, 4) is 0 Å². The summed E-state index contributed by atoms with van der Waals surface area (Å²) in [7, 11) is 0. The van der Waals surface area contributed by atoms with Crippen LogP contribution in [0.4, 0.5) is 0 Å². The normalized spacial score (nSPS) is 18.8. The van der Waals surface area contributed by atoms with Crippen LogP contribution in [0, 0.1) is 0 Å². The molecule has 1 rings (SSSR count). The first-order chi connectivity index (χ1) is 6.86. The molecule has 15 heavy (non-hydrogen) atoms. The Bertz CT molecular complexity index is 121. The Hall–Kier alpha value is 0.130. The molecule has 0 saturated carbocycles. The topological polar surface area (TPSA) is 58.5 Å². The van der Waals surface area contributed by atoms with Gasteiger partial charge in [-0.3, -0.25) is 0 Å². The van der Waals surface area contributed by atoms with Gasteiger partial charge < -0.3 is 21.3 Å². The monoisotopic (exact) mass is 236 g/mol. The Morgan fingerprint density at radius 3 is 1.33 bits per heavy atom. The Labute approximate surface area is 99.4 Å². The van der Waals surface area contributed by atoms with Crippen molar-refractivity contribution in [2.24, 2.45) is 11.5 Å². The molecule has 0 unspecified atom stereocenters. The average molecular weight is 237 g/mol. The summed E-state index contributed by atoms with van der Waals surface area (Å²) in [5, 5.41) is 0. The molecule has 0 aromatic heterocycles. The van der Waals surface area contributed by atoms with Gasteiger partial charge in [-0.1, -0.05) is 0 Å². The summed E-state index contributed by atoms with van der Waals surface area (Å²) in [5.74, 6) is 0. The van der Waals surface area contributed by atoms with Crippen molar-refractivity contribution in [1.82, 2.24) is 9.80 Å². The lowest BCUT2D eigenvalue weighted by Crippen LogP contribution is -2.47. The number of nitrogens with two attached hydrogens (primary N) is 2. The summed E-state index contributed by atoms with van der Waals surface area (Å²) in [6.07, 6.45) is 2.26. The van der Waals surface area contributed by atoms with Crippen LogP contribution in [0.5, 0.6) is 0 Å². The third-order valence-corrected chi connectivity index (χ3v) is 2.82. The van der Waals surface area contributed by atoms with E-state index >= 15 is 0 Å². The molecule has 1 saturated heterocycles. The first-order valence-electron chi connectivity index (χ1n) is 5.71. The van der Waals surface area contributed by atoms with Gasteiger partial charge in [0.15, 0.2) is 0 Å². The molecule has 0 aliphatic carbocycles. The fraction of sp³-hybridized carbons (Fsp3) is 1.00. The predicted molar refractivity (Wildman–Crippen MR) is 67.5 cm³/mol. The number of rotatable bonds is 6. The highest BCUT2D eigenvalue weighted by Crippen LogP contribution is 2.02. The summed E-state index contributed by atoms with van der Waals surface area (Å²) in [5.41, 5.74) is 11.0. The summed E-state index contributed by atoms with van der Waals surface area (Å²) in [6, 6.07) is 0.